The van der Waals surface area contributed by atoms with Crippen molar-refractivity contribution in [3.05, 3.63) is 0 Å². The molecule has 70 valence electrons. The van der Waals surface area contributed by atoms with Gasteiger partial charge in [0.2, 0.25) is 0 Å². The number of hydrogen-bond acceptors (Lipinski definition) is 2. The Kier molecular flexibility index (Phi) is 3.53. The van der Waals surface area contributed by atoms with E-state index >= 15 is 0 Å². The van der Waals surface area contributed by atoms with Gasteiger partial charge in [-0.15, -0.1) is 0 Å². The highest BCUT2D eigenvalue weighted by Gasteiger charge is 2.16. The monoisotopic (exact) mass is 170 g/mol. The van der Waals surface area contributed by atoms with Gasteiger partial charge < -0.3 is 9.64 Å². The lowest BCUT2D eigenvalue weighted by Gasteiger charge is -2.24. The summed E-state index contributed by atoms with van der Waals surface area (Å²) in [6, 6.07) is 0. The Balaban J connectivity index is 2.24. The van der Waals surface area contributed by atoms with Gasteiger partial charge in [-0.25, -0.2) is 0 Å². The number of nitrogens with zero attached hydrogens (tertiary/aromatic N) is 1. The highest BCUT2D eigenvalue weighted by Crippen LogP contribution is 2.15. The van der Waals surface area contributed by atoms with Crippen molar-refractivity contribution in [3.8, 4) is 0 Å². The Bertz CT molecular complexity index is 151. The molecule has 0 aromatic heterocycles. The summed E-state index contributed by atoms with van der Waals surface area (Å²) < 4.78 is 5.53. The molecule has 1 unspecified atom stereocenters. The van der Waals surface area contributed by atoms with Crippen LogP contribution in [0.1, 0.15) is 25.7 Å². The lowest BCUT2D eigenvalue weighted by molar-refractivity contribution is 0.0198. The maximum atomic E-state index is 7.63. The van der Waals surface area contributed by atoms with Crippen molar-refractivity contribution in [2.75, 3.05) is 20.7 Å². The van der Waals surface area contributed by atoms with E-state index in [-0.39, 0.29) is 0 Å². The molecule has 3 nitrogen and oxygen atoms in total. The van der Waals surface area contributed by atoms with Gasteiger partial charge in [0.1, 0.15) is 0 Å². The largest absolute Gasteiger partial charge is 0.378 e. The van der Waals surface area contributed by atoms with Crippen LogP contribution in [0.4, 0.5) is 0 Å². The van der Waals surface area contributed by atoms with Gasteiger partial charge in [-0.2, -0.15) is 0 Å². The number of ether oxygens (including phenoxy) is 1. The topological polar surface area (TPSA) is 36.3 Å². The third-order valence-corrected chi connectivity index (χ3v) is 2.23. The molecule has 3 heteroatoms. The predicted octanol–water partition coefficient (Wildman–Crippen LogP) is 1.48. The molecule has 0 amide bonds. The van der Waals surface area contributed by atoms with Crippen LogP contribution < -0.4 is 0 Å². The molecule has 1 aliphatic rings. The van der Waals surface area contributed by atoms with E-state index in [1.165, 1.54) is 12.8 Å². The first-order chi connectivity index (χ1) is 5.70. The Morgan fingerprint density at radius 1 is 1.50 bits per heavy atom. The number of hydrogen-bond donors (Lipinski definition) is 1. The minimum atomic E-state index is 0.300. The molecule has 0 bridgehead atoms. The molecule has 0 aliphatic carbocycles. The van der Waals surface area contributed by atoms with Gasteiger partial charge in [0, 0.05) is 27.1 Å². The van der Waals surface area contributed by atoms with Gasteiger partial charge in [0.25, 0.3) is 0 Å². The summed E-state index contributed by atoms with van der Waals surface area (Å²) in [4.78, 5) is 1.85. The molecule has 0 aromatic rings. The normalized spacial score (nSPS) is 23.7. The second-order valence-electron chi connectivity index (χ2n) is 3.53. The van der Waals surface area contributed by atoms with Crippen molar-refractivity contribution in [1.29, 1.82) is 5.41 Å². The van der Waals surface area contributed by atoms with Crippen LogP contribution in [0.3, 0.4) is 0 Å². The first-order valence-electron chi connectivity index (χ1n) is 4.56. The van der Waals surface area contributed by atoms with Crippen LogP contribution >= 0.6 is 0 Å². The van der Waals surface area contributed by atoms with Crippen LogP contribution in [0.5, 0.6) is 0 Å². The SMILES string of the molecule is CN(C)C(=N)CC1CCCCO1. The predicted molar refractivity (Wildman–Crippen MR) is 49.6 cm³/mol. The van der Waals surface area contributed by atoms with Gasteiger partial charge in [0.15, 0.2) is 0 Å². The minimum Gasteiger partial charge on any atom is -0.378 e. The summed E-state index contributed by atoms with van der Waals surface area (Å²) in [6.07, 6.45) is 4.63. The summed E-state index contributed by atoms with van der Waals surface area (Å²) in [5.41, 5.74) is 0. The van der Waals surface area contributed by atoms with Crippen LogP contribution in [0.25, 0.3) is 0 Å². The Labute approximate surface area is 74.2 Å². The molecule has 0 radical (unpaired) electrons. The average Bonchev–Trinajstić information content (AvgIpc) is 2.06. The molecule has 12 heavy (non-hydrogen) atoms. The van der Waals surface area contributed by atoms with Crippen LogP contribution in [-0.4, -0.2) is 37.5 Å². The molecule has 0 aromatic carbocycles. The van der Waals surface area contributed by atoms with Crippen molar-refractivity contribution in [3.63, 3.8) is 0 Å². The molecular weight excluding hydrogens is 152 g/mol. The van der Waals surface area contributed by atoms with Crippen molar-refractivity contribution in [2.45, 2.75) is 31.8 Å². The average molecular weight is 170 g/mol. The van der Waals surface area contributed by atoms with Crippen LogP contribution in [0, 0.1) is 5.41 Å². The zero-order valence-electron chi connectivity index (χ0n) is 7.97. The van der Waals surface area contributed by atoms with Crippen LogP contribution in [0.15, 0.2) is 0 Å². The fraction of sp³-hybridized carbons (Fsp3) is 0.889. The van der Waals surface area contributed by atoms with E-state index in [4.69, 9.17) is 10.1 Å². The second kappa shape index (κ2) is 4.45. The molecule has 1 aliphatic heterocycles. The molecule has 1 N–H and O–H groups in total. The third kappa shape index (κ3) is 2.81. The lowest BCUT2D eigenvalue weighted by atomic mass is 10.1. The molecule has 1 saturated heterocycles. The summed E-state index contributed by atoms with van der Waals surface area (Å²) in [5, 5.41) is 7.63. The minimum absolute atomic E-state index is 0.300. The zero-order chi connectivity index (χ0) is 8.97. The summed E-state index contributed by atoms with van der Waals surface area (Å²) in [5.74, 6) is 0.668. The molecule has 1 rings (SSSR count). The van der Waals surface area contributed by atoms with Gasteiger partial charge in [-0.1, -0.05) is 0 Å². The highest BCUT2D eigenvalue weighted by molar-refractivity contribution is 5.78. The fourth-order valence-corrected chi connectivity index (χ4v) is 1.37. The molecule has 0 spiro atoms. The first-order valence-corrected chi connectivity index (χ1v) is 4.56. The highest BCUT2D eigenvalue weighted by atomic mass is 16.5. The van der Waals surface area contributed by atoms with Gasteiger partial charge >= 0.3 is 0 Å². The van der Waals surface area contributed by atoms with Gasteiger partial charge in [-0.05, 0) is 19.3 Å². The van der Waals surface area contributed by atoms with Crippen molar-refractivity contribution in [1.82, 2.24) is 4.90 Å². The van der Waals surface area contributed by atoms with Crippen LogP contribution in [0.2, 0.25) is 0 Å². The van der Waals surface area contributed by atoms with Crippen molar-refractivity contribution in [2.24, 2.45) is 0 Å². The Morgan fingerprint density at radius 3 is 2.75 bits per heavy atom. The molecule has 1 heterocycles. The van der Waals surface area contributed by atoms with E-state index in [1.54, 1.807) is 0 Å². The lowest BCUT2D eigenvalue weighted by Crippen LogP contribution is -2.29. The van der Waals surface area contributed by atoms with E-state index in [9.17, 15) is 0 Å². The Morgan fingerprint density at radius 2 is 2.25 bits per heavy atom. The summed E-state index contributed by atoms with van der Waals surface area (Å²) in [6.45, 7) is 0.880. The second-order valence-corrected chi connectivity index (χ2v) is 3.53. The third-order valence-electron chi connectivity index (χ3n) is 2.23. The van der Waals surface area contributed by atoms with Gasteiger partial charge in [0.05, 0.1) is 11.9 Å². The van der Waals surface area contributed by atoms with E-state index in [2.05, 4.69) is 0 Å². The molecule has 1 fully saturated rings. The number of rotatable bonds is 2. The van der Waals surface area contributed by atoms with Gasteiger partial charge in [-0.3, -0.25) is 5.41 Å². The van der Waals surface area contributed by atoms with E-state index in [1.807, 2.05) is 19.0 Å². The molecule has 0 saturated carbocycles. The molecular formula is C9H18N2O. The summed E-state index contributed by atoms with van der Waals surface area (Å²) >= 11 is 0. The smallest absolute Gasteiger partial charge is 0.0978 e. The fourth-order valence-electron chi connectivity index (χ4n) is 1.37. The zero-order valence-corrected chi connectivity index (χ0v) is 7.97. The van der Waals surface area contributed by atoms with E-state index < -0.39 is 0 Å². The van der Waals surface area contributed by atoms with Crippen molar-refractivity contribution >= 4 is 5.84 Å². The Hall–Kier alpha value is -0.570. The van der Waals surface area contributed by atoms with Crippen LogP contribution in [-0.2, 0) is 4.74 Å². The number of nitrogens with one attached hydrogen (secondary N) is 1. The maximum absolute atomic E-state index is 7.63. The standard InChI is InChI=1S/C9H18N2O/c1-11(2)9(10)7-8-5-3-4-6-12-8/h8,10H,3-7H2,1-2H3. The quantitative estimate of drug-likeness (QED) is 0.503. The van der Waals surface area contributed by atoms with E-state index in [0.717, 1.165) is 19.4 Å². The van der Waals surface area contributed by atoms with E-state index in [0.29, 0.717) is 11.9 Å². The number of amidine groups is 1. The maximum Gasteiger partial charge on any atom is 0.0978 e. The molecule has 1 atom stereocenters. The summed E-state index contributed by atoms with van der Waals surface area (Å²) in [7, 11) is 3.82. The van der Waals surface area contributed by atoms with Crippen molar-refractivity contribution < 1.29 is 4.74 Å². The first kappa shape index (κ1) is 9.52.